The van der Waals surface area contributed by atoms with Crippen molar-refractivity contribution in [3.63, 3.8) is 0 Å². The molecule has 12 rings (SSSR count). The van der Waals surface area contributed by atoms with Gasteiger partial charge in [-0.1, -0.05) is 133 Å². The zero-order valence-corrected chi connectivity index (χ0v) is 30.9. The number of para-hydroxylation sites is 5. The van der Waals surface area contributed by atoms with Crippen molar-refractivity contribution in [3.05, 3.63) is 199 Å². The summed E-state index contributed by atoms with van der Waals surface area (Å²) in [6, 6.07) is 66.8. The lowest BCUT2D eigenvalue weighted by Crippen LogP contribution is -2.16. The highest BCUT2D eigenvalue weighted by molar-refractivity contribution is 6.24. The zero-order chi connectivity index (χ0) is 37.5. The first-order chi connectivity index (χ1) is 28.3. The lowest BCUT2D eigenvalue weighted by Gasteiger charge is -2.21. The number of hydrogen-bond acceptors (Lipinski definition) is 4. The highest BCUT2D eigenvalue weighted by atomic mass is 15.2. The lowest BCUT2D eigenvalue weighted by molar-refractivity contribution is 0.860. The second-order valence-corrected chi connectivity index (χ2v) is 14.8. The number of rotatable bonds is 5. The molecule has 0 fully saturated rings. The molecule has 4 heterocycles. The molecule has 1 aliphatic heterocycles. The molecule has 6 nitrogen and oxygen atoms in total. The van der Waals surface area contributed by atoms with Crippen LogP contribution in [-0.4, -0.2) is 30.9 Å². The fourth-order valence-electron chi connectivity index (χ4n) is 9.35. The Bertz CT molecular complexity index is 3280. The van der Waals surface area contributed by atoms with Gasteiger partial charge in [-0.25, -0.2) is 4.98 Å². The van der Waals surface area contributed by atoms with Crippen LogP contribution in [0.1, 0.15) is 17.0 Å². The van der Waals surface area contributed by atoms with E-state index in [1.807, 2.05) is 0 Å². The molecule has 268 valence electrons. The Morgan fingerprint density at radius 3 is 1.70 bits per heavy atom. The van der Waals surface area contributed by atoms with Gasteiger partial charge in [-0.15, -0.1) is 10.2 Å². The summed E-state index contributed by atoms with van der Waals surface area (Å²) in [4.78, 5) is 7.99. The number of benzene rings is 8. The third-order valence-electron chi connectivity index (χ3n) is 11.7. The molecular weight excluding hydrogens is 697 g/mol. The number of nitrogens with zero attached hydrogens (tertiary/aromatic N) is 6. The van der Waals surface area contributed by atoms with Crippen molar-refractivity contribution in [2.45, 2.75) is 5.92 Å². The van der Waals surface area contributed by atoms with Gasteiger partial charge in [-0.05, 0) is 60.2 Å². The quantitative estimate of drug-likeness (QED) is 0.177. The van der Waals surface area contributed by atoms with Gasteiger partial charge in [0.05, 0.1) is 27.8 Å². The van der Waals surface area contributed by atoms with Crippen LogP contribution in [0.5, 0.6) is 0 Å². The predicted octanol–water partition coefficient (Wildman–Crippen LogP) is 12.2. The minimum atomic E-state index is 0.0736. The summed E-state index contributed by atoms with van der Waals surface area (Å²) < 4.78 is 4.78. The molecular formula is C51H34N6. The van der Waals surface area contributed by atoms with Gasteiger partial charge >= 0.3 is 0 Å². The first-order valence-electron chi connectivity index (χ1n) is 19.5. The molecule has 0 saturated heterocycles. The van der Waals surface area contributed by atoms with E-state index < -0.39 is 0 Å². The molecule has 11 aromatic rings. The predicted molar refractivity (Wildman–Crippen MR) is 233 cm³/mol. The molecule has 0 saturated carbocycles. The molecule has 6 heteroatoms. The maximum absolute atomic E-state index is 5.56. The van der Waals surface area contributed by atoms with E-state index in [1.54, 1.807) is 0 Å². The summed E-state index contributed by atoms with van der Waals surface area (Å²) in [5.74, 6) is 0.663. The Morgan fingerprint density at radius 1 is 0.456 bits per heavy atom. The monoisotopic (exact) mass is 730 g/mol. The molecule has 8 aromatic carbocycles. The first kappa shape index (κ1) is 31.7. The van der Waals surface area contributed by atoms with Crippen LogP contribution < -0.4 is 4.90 Å². The van der Waals surface area contributed by atoms with Crippen LogP contribution in [-0.2, 0) is 0 Å². The lowest BCUT2D eigenvalue weighted by atomic mass is 9.90. The summed E-state index contributed by atoms with van der Waals surface area (Å²) in [6.07, 6.45) is 0. The van der Waals surface area contributed by atoms with Crippen molar-refractivity contribution < 1.29 is 0 Å². The molecule has 0 bridgehead atoms. The summed E-state index contributed by atoms with van der Waals surface area (Å²) in [5, 5.41) is 14.9. The van der Waals surface area contributed by atoms with Crippen LogP contribution in [0.25, 0.3) is 77.4 Å². The number of aromatic nitrogens is 5. The van der Waals surface area contributed by atoms with Gasteiger partial charge in [0.25, 0.3) is 0 Å². The van der Waals surface area contributed by atoms with E-state index in [0.717, 1.165) is 78.7 Å². The molecule has 0 amide bonds. The summed E-state index contributed by atoms with van der Waals surface area (Å²) in [6.45, 7) is 0.762. The topological polar surface area (TPSA) is 51.8 Å². The van der Waals surface area contributed by atoms with Crippen LogP contribution in [0.4, 0.5) is 11.4 Å². The maximum atomic E-state index is 5.56. The van der Waals surface area contributed by atoms with Crippen molar-refractivity contribution in [3.8, 4) is 22.8 Å². The van der Waals surface area contributed by atoms with Gasteiger partial charge in [0.15, 0.2) is 5.82 Å². The van der Waals surface area contributed by atoms with Crippen LogP contribution in [0, 0.1) is 0 Å². The van der Waals surface area contributed by atoms with Crippen molar-refractivity contribution in [2.75, 3.05) is 11.4 Å². The SMILES string of the molecule is c1ccc(C2CN(c3ccccc3)c3c2c2c(c4ccccc4n2-c2ccccc2)c2nc(-c4cccc(-n5c6ccccc6c6ccccc65)c4)nnc32)cc1. The molecule has 0 radical (unpaired) electrons. The fraction of sp³-hybridized carbons (Fsp3) is 0.0392. The van der Waals surface area contributed by atoms with E-state index in [0.29, 0.717) is 5.82 Å². The minimum absolute atomic E-state index is 0.0736. The maximum Gasteiger partial charge on any atom is 0.182 e. The normalized spacial score (nSPS) is 14.0. The third-order valence-corrected chi connectivity index (χ3v) is 11.7. The molecule has 0 spiro atoms. The molecule has 57 heavy (non-hydrogen) atoms. The highest BCUT2D eigenvalue weighted by Gasteiger charge is 2.38. The van der Waals surface area contributed by atoms with Gasteiger partial charge < -0.3 is 14.0 Å². The van der Waals surface area contributed by atoms with E-state index in [4.69, 9.17) is 15.2 Å². The van der Waals surface area contributed by atoms with Crippen molar-refractivity contribution in [1.29, 1.82) is 0 Å². The van der Waals surface area contributed by atoms with Crippen LogP contribution in [0.15, 0.2) is 188 Å². The fourth-order valence-corrected chi connectivity index (χ4v) is 9.35. The first-order valence-corrected chi connectivity index (χ1v) is 19.5. The molecule has 0 N–H and O–H groups in total. The van der Waals surface area contributed by atoms with Gasteiger partial charge in [0.1, 0.15) is 11.0 Å². The number of hydrogen-bond donors (Lipinski definition) is 0. The number of fused-ring (bicyclic) bond motifs is 11. The van der Waals surface area contributed by atoms with Gasteiger partial charge in [-0.2, -0.15) is 0 Å². The average Bonchev–Trinajstić information content (AvgIpc) is 3.96. The van der Waals surface area contributed by atoms with Crippen molar-refractivity contribution in [2.24, 2.45) is 0 Å². The van der Waals surface area contributed by atoms with Gasteiger partial charge in [-0.3, -0.25) is 0 Å². The Kier molecular flexibility index (Phi) is 6.95. The Hall–Kier alpha value is -7.57. The van der Waals surface area contributed by atoms with Crippen LogP contribution >= 0.6 is 0 Å². The molecule has 0 aliphatic carbocycles. The Balaban J connectivity index is 1.18. The Labute approximate surface area is 328 Å². The zero-order valence-electron chi connectivity index (χ0n) is 30.9. The van der Waals surface area contributed by atoms with Crippen LogP contribution in [0.3, 0.4) is 0 Å². The van der Waals surface area contributed by atoms with E-state index in [2.05, 4.69) is 202 Å². The standard InChI is InChI=1S/C51H34N6/c1-4-17-33(18-5-1)41-32-55(35-20-6-2-7-21-35)50-46(41)49-45(40-27-12-15-30-44(40)57(49)36-22-8-3-9-23-36)47-48(50)53-54-51(52-47)34-19-16-24-37(31-34)56-42-28-13-10-25-38(42)39-26-11-14-29-43(39)56/h1-31,41H,32H2. The van der Waals surface area contributed by atoms with E-state index in [9.17, 15) is 0 Å². The molecule has 1 unspecified atom stereocenters. The highest BCUT2D eigenvalue weighted by Crippen LogP contribution is 2.53. The van der Waals surface area contributed by atoms with Gasteiger partial charge in [0, 0.05) is 62.2 Å². The number of anilines is 2. The molecule has 1 aliphatic rings. The van der Waals surface area contributed by atoms with E-state index in [-0.39, 0.29) is 5.92 Å². The largest absolute Gasteiger partial charge is 0.338 e. The van der Waals surface area contributed by atoms with Crippen molar-refractivity contribution >= 4 is 66.0 Å². The van der Waals surface area contributed by atoms with Crippen molar-refractivity contribution in [1.82, 2.24) is 24.3 Å². The Morgan fingerprint density at radius 2 is 1.02 bits per heavy atom. The second-order valence-electron chi connectivity index (χ2n) is 14.8. The molecule has 3 aromatic heterocycles. The molecule has 1 atom stereocenters. The smallest absolute Gasteiger partial charge is 0.182 e. The third kappa shape index (κ3) is 4.74. The summed E-state index contributed by atoms with van der Waals surface area (Å²) >= 11 is 0. The summed E-state index contributed by atoms with van der Waals surface area (Å²) in [5.41, 5.74) is 14.0. The van der Waals surface area contributed by atoms with Gasteiger partial charge in [0.2, 0.25) is 0 Å². The average molecular weight is 731 g/mol. The van der Waals surface area contributed by atoms with Crippen LogP contribution in [0.2, 0.25) is 0 Å². The summed E-state index contributed by atoms with van der Waals surface area (Å²) in [7, 11) is 0. The van der Waals surface area contributed by atoms with E-state index >= 15 is 0 Å². The second kappa shape index (κ2) is 12.5. The minimum Gasteiger partial charge on any atom is -0.338 e. The van der Waals surface area contributed by atoms with E-state index in [1.165, 1.54) is 21.9 Å².